The van der Waals surface area contributed by atoms with Crippen LogP contribution in [0.2, 0.25) is 0 Å². The van der Waals surface area contributed by atoms with Gasteiger partial charge >= 0.3 is 0 Å². The maximum Gasteiger partial charge on any atom is 0.153 e. The van der Waals surface area contributed by atoms with Gasteiger partial charge in [0.1, 0.15) is 5.01 Å². The first kappa shape index (κ1) is 12.3. The van der Waals surface area contributed by atoms with E-state index in [1.165, 1.54) is 0 Å². The van der Waals surface area contributed by atoms with Gasteiger partial charge in [0, 0.05) is 10.8 Å². The van der Waals surface area contributed by atoms with Gasteiger partial charge in [-0.25, -0.2) is 4.98 Å². The maximum atomic E-state index is 11.4. The summed E-state index contributed by atoms with van der Waals surface area (Å²) in [7, 11) is 1.78. The van der Waals surface area contributed by atoms with Gasteiger partial charge in [-0.1, -0.05) is 20.8 Å². The Morgan fingerprint density at radius 2 is 2.20 bits per heavy atom. The fourth-order valence-corrected chi connectivity index (χ4v) is 2.21. The molecular formula is C11H18N2OS. The fraction of sp³-hybridized carbons (Fsp3) is 0.636. The summed E-state index contributed by atoms with van der Waals surface area (Å²) in [5.41, 5.74) is 1.14. The first-order valence-electron chi connectivity index (χ1n) is 5.04. The molecule has 1 N–H and O–H groups in total. The summed E-state index contributed by atoms with van der Waals surface area (Å²) in [6.07, 6.45) is 0.446. The molecule has 3 nitrogen and oxygen atoms in total. The minimum absolute atomic E-state index is 0.0702. The normalized spacial score (nSPS) is 11.7. The van der Waals surface area contributed by atoms with Crippen LogP contribution in [0.4, 0.5) is 0 Å². The standard InChI is InChI=1S/C11H18N2OS/c1-11(2,3)9-7-15-10(13-9)5-8(14)6-12-4/h7,12H,5-6H2,1-4H3. The van der Waals surface area contributed by atoms with Gasteiger partial charge < -0.3 is 5.32 Å². The van der Waals surface area contributed by atoms with Crippen molar-refractivity contribution in [3.8, 4) is 0 Å². The van der Waals surface area contributed by atoms with Crippen molar-refractivity contribution >= 4 is 17.1 Å². The topological polar surface area (TPSA) is 42.0 Å². The van der Waals surface area contributed by atoms with Gasteiger partial charge in [0.25, 0.3) is 0 Å². The number of Topliss-reactive ketones (excluding diaryl/α,β-unsaturated/α-hetero) is 1. The van der Waals surface area contributed by atoms with Crippen molar-refractivity contribution in [1.82, 2.24) is 10.3 Å². The van der Waals surface area contributed by atoms with Gasteiger partial charge in [-0.2, -0.15) is 0 Å². The summed E-state index contributed by atoms with van der Waals surface area (Å²) in [4.78, 5) is 15.8. The molecule has 1 heterocycles. The molecule has 1 aromatic rings. The number of aromatic nitrogens is 1. The van der Waals surface area contributed by atoms with Crippen LogP contribution < -0.4 is 5.32 Å². The van der Waals surface area contributed by atoms with Crippen molar-refractivity contribution in [2.45, 2.75) is 32.6 Å². The molecule has 0 fully saturated rings. The molecule has 0 aliphatic rings. The molecule has 0 saturated heterocycles. The molecule has 0 aromatic carbocycles. The van der Waals surface area contributed by atoms with Crippen LogP contribution in [-0.4, -0.2) is 24.4 Å². The van der Waals surface area contributed by atoms with Crippen molar-refractivity contribution < 1.29 is 4.79 Å². The number of carbonyl (C=O) groups is 1. The Morgan fingerprint density at radius 1 is 1.53 bits per heavy atom. The third kappa shape index (κ3) is 3.72. The number of ketones is 1. The lowest BCUT2D eigenvalue weighted by Gasteiger charge is -2.14. The van der Waals surface area contributed by atoms with Crippen molar-refractivity contribution in [3.63, 3.8) is 0 Å². The third-order valence-electron chi connectivity index (χ3n) is 2.04. The van der Waals surface area contributed by atoms with E-state index in [1.807, 2.05) is 5.38 Å². The van der Waals surface area contributed by atoms with Crippen LogP contribution in [0.25, 0.3) is 0 Å². The summed E-state index contributed by atoms with van der Waals surface area (Å²) >= 11 is 1.57. The first-order chi connectivity index (χ1) is 6.93. The average Bonchev–Trinajstić information content (AvgIpc) is 2.52. The van der Waals surface area contributed by atoms with E-state index in [2.05, 4.69) is 31.1 Å². The summed E-state index contributed by atoms with van der Waals surface area (Å²) in [6, 6.07) is 0. The van der Waals surface area contributed by atoms with Gasteiger partial charge in [0.15, 0.2) is 5.78 Å². The van der Waals surface area contributed by atoms with Crippen LogP contribution in [0.3, 0.4) is 0 Å². The van der Waals surface area contributed by atoms with Gasteiger partial charge in [-0.05, 0) is 7.05 Å². The van der Waals surface area contributed by atoms with Crippen LogP contribution in [-0.2, 0) is 16.6 Å². The largest absolute Gasteiger partial charge is 0.313 e. The van der Waals surface area contributed by atoms with Gasteiger partial charge in [-0.15, -0.1) is 11.3 Å². The average molecular weight is 226 g/mol. The van der Waals surface area contributed by atoms with Crippen molar-refractivity contribution in [2.24, 2.45) is 0 Å². The predicted molar refractivity (Wildman–Crippen MR) is 63.5 cm³/mol. The highest BCUT2D eigenvalue weighted by molar-refractivity contribution is 7.09. The Balaban J connectivity index is 2.65. The molecule has 84 valence electrons. The number of carbonyl (C=O) groups excluding carboxylic acids is 1. The predicted octanol–water partition coefficient (Wildman–Crippen LogP) is 1.77. The first-order valence-corrected chi connectivity index (χ1v) is 5.92. The summed E-state index contributed by atoms with van der Waals surface area (Å²) < 4.78 is 0. The Morgan fingerprint density at radius 3 is 2.67 bits per heavy atom. The van der Waals surface area contributed by atoms with Gasteiger partial charge in [-0.3, -0.25) is 4.79 Å². The number of hydrogen-bond donors (Lipinski definition) is 1. The highest BCUT2D eigenvalue weighted by Crippen LogP contribution is 2.23. The molecule has 0 aliphatic heterocycles. The molecule has 0 unspecified atom stereocenters. The molecule has 15 heavy (non-hydrogen) atoms. The highest BCUT2D eigenvalue weighted by Gasteiger charge is 2.17. The number of rotatable bonds is 4. The molecule has 0 saturated carbocycles. The molecule has 0 amide bonds. The zero-order chi connectivity index (χ0) is 11.5. The lowest BCUT2D eigenvalue weighted by atomic mass is 9.93. The molecule has 0 radical (unpaired) electrons. The van der Waals surface area contributed by atoms with Crippen molar-refractivity contribution in [3.05, 3.63) is 16.1 Å². The third-order valence-corrected chi connectivity index (χ3v) is 2.89. The van der Waals surface area contributed by atoms with Crippen LogP contribution in [0.5, 0.6) is 0 Å². The molecule has 0 aliphatic carbocycles. The molecule has 1 rings (SSSR count). The summed E-state index contributed by atoms with van der Waals surface area (Å²) in [5.74, 6) is 0.187. The molecule has 4 heteroatoms. The zero-order valence-corrected chi connectivity index (χ0v) is 10.6. The van der Waals surface area contributed by atoms with Crippen LogP contribution in [0.15, 0.2) is 5.38 Å². The van der Waals surface area contributed by atoms with E-state index in [0.29, 0.717) is 13.0 Å². The SMILES string of the molecule is CNCC(=O)Cc1nc(C(C)(C)C)cs1. The minimum atomic E-state index is 0.0702. The highest BCUT2D eigenvalue weighted by atomic mass is 32.1. The molecule has 1 aromatic heterocycles. The maximum absolute atomic E-state index is 11.4. The van der Waals surface area contributed by atoms with Crippen LogP contribution in [0, 0.1) is 0 Å². The monoisotopic (exact) mass is 226 g/mol. The Kier molecular flexibility index (Phi) is 3.99. The summed E-state index contributed by atoms with van der Waals surface area (Å²) in [5, 5.41) is 5.81. The molecule has 0 bridgehead atoms. The molecule has 0 spiro atoms. The second-order valence-electron chi connectivity index (χ2n) is 4.62. The Bertz CT molecular complexity index is 339. The van der Waals surface area contributed by atoms with E-state index in [-0.39, 0.29) is 11.2 Å². The molecule has 0 atom stereocenters. The number of nitrogens with one attached hydrogen (secondary N) is 1. The van der Waals surface area contributed by atoms with Crippen LogP contribution >= 0.6 is 11.3 Å². The van der Waals surface area contributed by atoms with Gasteiger partial charge in [0.2, 0.25) is 0 Å². The number of likely N-dealkylation sites (N-methyl/N-ethyl adjacent to an activating group) is 1. The number of nitrogens with zero attached hydrogens (tertiary/aromatic N) is 1. The quantitative estimate of drug-likeness (QED) is 0.851. The minimum Gasteiger partial charge on any atom is -0.313 e. The lowest BCUT2D eigenvalue weighted by Crippen LogP contribution is -2.20. The van der Waals surface area contributed by atoms with E-state index in [1.54, 1.807) is 18.4 Å². The Hall–Kier alpha value is -0.740. The van der Waals surface area contributed by atoms with E-state index in [9.17, 15) is 4.79 Å². The Labute approximate surface area is 94.9 Å². The molecular weight excluding hydrogens is 208 g/mol. The zero-order valence-electron chi connectivity index (χ0n) is 9.76. The number of thiazole rings is 1. The second kappa shape index (κ2) is 4.86. The second-order valence-corrected chi connectivity index (χ2v) is 5.56. The fourth-order valence-electron chi connectivity index (χ4n) is 1.16. The van der Waals surface area contributed by atoms with E-state index in [4.69, 9.17) is 0 Å². The number of hydrogen-bond acceptors (Lipinski definition) is 4. The smallest absolute Gasteiger partial charge is 0.153 e. The van der Waals surface area contributed by atoms with E-state index < -0.39 is 0 Å². The van der Waals surface area contributed by atoms with Gasteiger partial charge in [0.05, 0.1) is 18.7 Å². The van der Waals surface area contributed by atoms with E-state index >= 15 is 0 Å². The van der Waals surface area contributed by atoms with Crippen molar-refractivity contribution in [2.75, 3.05) is 13.6 Å². The van der Waals surface area contributed by atoms with Crippen LogP contribution in [0.1, 0.15) is 31.5 Å². The summed E-state index contributed by atoms with van der Waals surface area (Å²) in [6.45, 7) is 6.80. The van der Waals surface area contributed by atoms with Crippen molar-refractivity contribution in [1.29, 1.82) is 0 Å². The van der Waals surface area contributed by atoms with E-state index in [0.717, 1.165) is 10.7 Å². The lowest BCUT2D eigenvalue weighted by molar-refractivity contribution is -0.117.